The lowest BCUT2D eigenvalue weighted by Gasteiger charge is -2.33. The number of hydrogen-bond acceptors (Lipinski definition) is 8. The molecule has 1 aliphatic rings. The summed E-state index contributed by atoms with van der Waals surface area (Å²) in [5.74, 6) is -0.841. The second-order valence-corrected chi connectivity index (χ2v) is 8.63. The summed E-state index contributed by atoms with van der Waals surface area (Å²) in [4.78, 5) is 24.1. The molecule has 0 amide bonds. The lowest BCUT2D eigenvalue weighted by atomic mass is 10.1. The molecule has 1 aromatic carbocycles. The fraction of sp³-hybridized carbons (Fsp3) is 0.421. The number of nitrogens with zero attached hydrogens (tertiary/aromatic N) is 3. The monoisotopic (exact) mass is 437 g/mol. The Kier molecular flexibility index (Phi) is 6.85. The number of rotatable bonds is 8. The minimum Gasteiger partial charge on any atom is -0.460 e. The third-order valence-electron chi connectivity index (χ3n) is 4.85. The number of carbonyl (C=O) groups is 1. The van der Waals surface area contributed by atoms with Gasteiger partial charge in [0.2, 0.25) is 10.9 Å². The Morgan fingerprint density at radius 3 is 2.40 bits per heavy atom. The number of hydrogen-bond donors (Lipinski definition) is 0. The summed E-state index contributed by atoms with van der Waals surface area (Å²) in [6, 6.07) is 8.99. The zero-order chi connectivity index (χ0) is 21.7. The Balaban J connectivity index is 1.53. The summed E-state index contributed by atoms with van der Waals surface area (Å²) in [5, 5.41) is 10.4. The first-order valence-corrected chi connectivity index (χ1v) is 11.0. The summed E-state index contributed by atoms with van der Waals surface area (Å²) in [5.41, 5.74) is 1.04. The molecule has 1 aliphatic heterocycles. The molecule has 0 aliphatic carbocycles. The van der Waals surface area contributed by atoms with Gasteiger partial charge < -0.3 is 14.1 Å². The maximum atomic E-state index is 12.8. The van der Waals surface area contributed by atoms with Crippen LogP contribution in [0.5, 0.6) is 0 Å². The SMILES string of the molecule is CCOC(=O)c1ccc(S(=O)(=O)N2CCN(CCc3ccc([N+](=O)[O-])cc3)CC2)o1. The first-order valence-electron chi connectivity index (χ1n) is 9.54. The molecule has 10 nitrogen and oxygen atoms in total. The van der Waals surface area contributed by atoms with Crippen LogP contribution in [0.1, 0.15) is 23.0 Å². The fourth-order valence-electron chi connectivity index (χ4n) is 3.16. The first-order chi connectivity index (χ1) is 14.3. The van der Waals surface area contributed by atoms with E-state index in [1.807, 2.05) is 0 Å². The van der Waals surface area contributed by atoms with Crippen molar-refractivity contribution in [2.45, 2.75) is 18.4 Å². The van der Waals surface area contributed by atoms with Crippen molar-refractivity contribution in [1.82, 2.24) is 9.21 Å². The van der Waals surface area contributed by atoms with E-state index in [1.54, 1.807) is 19.1 Å². The van der Waals surface area contributed by atoms with E-state index in [2.05, 4.69) is 4.90 Å². The minimum absolute atomic E-state index is 0.0570. The predicted octanol–water partition coefficient (Wildman–Crippen LogP) is 1.91. The molecule has 0 spiro atoms. The van der Waals surface area contributed by atoms with Gasteiger partial charge in [0.25, 0.3) is 15.7 Å². The van der Waals surface area contributed by atoms with Crippen LogP contribution in [0.2, 0.25) is 0 Å². The molecule has 0 unspecified atom stereocenters. The van der Waals surface area contributed by atoms with E-state index in [-0.39, 0.29) is 23.1 Å². The number of piperazine rings is 1. The number of furan rings is 1. The second-order valence-electron chi connectivity index (χ2n) is 6.76. The van der Waals surface area contributed by atoms with E-state index in [9.17, 15) is 23.3 Å². The smallest absolute Gasteiger partial charge is 0.374 e. The quantitative estimate of drug-likeness (QED) is 0.349. The third kappa shape index (κ3) is 5.04. The van der Waals surface area contributed by atoms with Crippen LogP contribution in [0, 0.1) is 10.1 Å². The molecule has 3 rings (SSSR count). The van der Waals surface area contributed by atoms with Crippen molar-refractivity contribution in [3.05, 3.63) is 57.8 Å². The average molecular weight is 437 g/mol. The highest BCUT2D eigenvalue weighted by atomic mass is 32.2. The number of benzene rings is 1. The Morgan fingerprint density at radius 1 is 1.13 bits per heavy atom. The van der Waals surface area contributed by atoms with Gasteiger partial charge in [0, 0.05) is 44.9 Å². The number of carbonyl (C=O) groups excluding carboxylic acids is 1. The number of non-ortho nitro benzene ring substituents is 1. The molecule has 1 aromatic heterocycles. The lowest BCUT2D eigenvalue weighted by Crippen LogP contribution is -2.48. The van der Waals surface area contributed by atoms with Gasteiger partial charge in [-0.1, -0.05) is 12.1 Å². The molecule has 0 saturated carbocycles. The van der Waals surface area contributed by atoms with E-state index in [4.69, 9.17) is 9.15 Å². The van der Waals surface area contributed by atoms with E-state index in [0.29, 0.717) is 32.6 Å². The Hall–Kier alpha value is -2.76. The van der Waals surface area contributed by atoms with Crippen LogP contribution in [-0.4, -0.2) is 67.8 Å². The Morgan fingerprint density at radius 2 is 1.80 bits per heavy atom. The molecule has 11 heteroatoms. The summed E-state index contributed by atoms with van der Waals surface area (Å²) in [6.45, 7) is 4.26. The largest absolute Gasteiger partial charge is 0.460 e. The molecule has 0 bridgehead atoms. The van der Waals surface area contributed by atoms with Crippen molar-refractivity contribution in [3.63, 3.8) is 0 Å². The Bertz CT molecular complexity index is 993. The van der Waals surface area contributed by atoms with Gasteiger partial charge in [0.05, 0.1) is 11.5 Å². The molecule has 1 saturated heterocycles. The zero-order valence-electron chi connectivity index (χ0n) is 16.5. The lowest BCUT2D eigenvalue weighted by molar-refractivity contribution is -0.384. The summed E-state index contributed by atoms with van der Waals surface area (Å²) < 4.78 is 36.9. The van der Waals surface area contributed by atoms with E-state index >= 15 is 0 Å². The van der Waals surface area contributed by atoms with E-state index in [1.165, 1.54) is 28.6 Å². The van der Waals surface area contributed by atoms with E-state index in [0.717, 1.165) is 12.1 Å². The molecule has 162 valence electrons. The summed E-state index contributed by atoms with van der Waals surface area (Å²) in [7, 11) is -3.82. The first kappa shape index (κ1) is 21.9. The van der Waals surface area contributed by atoms with Crippen LogP contribution in [0.25, 0.3) is 0 Å². The van der Waals surface area contributed by atoms with E-state index < -0.39 is 20.9 Å². The predicted molar refractivity (Wildman–Crippen MR) is 107 cm³/mol. The van der Waals surface area contributed by atoms with Gasteiger partial charge in [-0.15, -0.1) is 0 Å². The van der Waals surface area contributed by atoms with Gasteiger partial charge in [-0.2, -0.15) is 4.31 Å². The molecule has 2 aromatic rings. The summed E-state index contributed by atoms with van der Waals surface area (Å²) in [6.07, 6.45) is 0.714. The highest BCUT2D eigenvalue weighted by Crippen LogP contribution is 2.21. The topological polar surface area (TPSA) is 123 Å². The molecule has 0 atom stereocenters. The van der Waals surface area contributed by atoms with Crippen molar-refractivity contribution >= 4 is 21.7 Å². The Labute approximate surface area is 174 Å². The molecule has 30 heavy (non-hydrogen) atoms. The van der Waals surface area contributed by atoms with Gasteiger partial charge in [-0.05, 0) is 31.0 Å². The van der Waals surface area contributed by atoms with Crippen LogP contribution < -0.4 is 0 Å². The molecular weight excluding hydrogens is 414 g/mol. The van der Waals surface area contributed by atoms with Crippen molar-refractivity contribution in [2.75, 3.05) is 39.3 Å². The van der Waals surface area contributed by atoms with Gasteiger partial charge in [0.1, 0.15) is 0 Å². The normalized spacial score (nSPS) is 15.8. The van der Waals surface area contributed by atoms with Crippen molar-refractivity contribution in [1.29, 1.82) is 0 Å². The van der Waals surface area contributed by atoms with Crippen molar-refractivity contribution in [3.8, 4) is 0 Å². The third-order valence-corrected chi connectivity index (χ3v) is 6.62. The highest BCUT2D eigenvalue weighted by Gasteiger charge is 2.31. The molecule has 0 N–H and O–H groups in total. The average Bonchev–Trinajstić information content (AvgIpc) is 3.24. The summed E-state index contributed by atoms with van der Waals surface area (Å²) >= 11 is 0. The van der Waals surface area contributed by atoms with Crippen LogP contribution in [-0.2, 0) is 21.2 Å². The van der Waals surface area contributed by atoms with Gasteiger partial charge in [0.15, 0.2) is 0 Å². The number of ether oxygens (including phenoxy) is 1. The minimum atomic E-state index is -3.82. The van der Waals surface area contributed by atoms with Gasteiger partial charge in [-0.3, -0.25) is 10.1 Å². The maximum Gasteiger partial charge on any atom is 0.374 e. The van der Waals surface area contributed by atoms with Gasteiger partial charge >= 0.3 is 5.97 Å². The second kappa shape index (κ2) is 9.37. The van der Waals surface area contributed by atoms with Crippen molar-refractivity contribution < 1.29 is 27.3 Å². The van der Waals surface area contributed by atoms with Crippen LogP contribution >= 0.6 is 0 Å². The van der Waals surface area contributed by atoms with Gasteiger partial charge in [-0.25, -0.2) is 13.2 Å². The standard InChI is InChI=1S/C19H23N3O7S/c1-2-28-19(23)17-7-8-18(29-17)30(26,27)21-13-11-20(12-14-21)10-9-15-3-5-16(6-4-15)22(24)25/h3-8H,2,9-14H2,1H3. The van der Waals surface area contributed by atoms with Crippen LogP contribution in [0.4, 0.5) is 5.69 Å². The highest BCUT2D eigenvalue weighted by molar-refractivity contribution is 7.89. The molecule has 0 radical (unpaired) electrons. The maximum absolute atomic E-state index is 12.8. The number of nitro benzene ring substituents is 1. The zero-order valence-corrected chi connectivity index (χ0v) is 17.3. The number of esters is 1. The van der Waals surface area contributed by atoms with Crippen molar-refractivity contribution in [2.24, 2.45) is 0 Å². The molecular formula is C19H23N3O7S. The van der Waals surface area contributed by atoms with Crippen LogP contribution in [0.15, 0.2) is 45.9 Å². The molecule has 1 fully saturated rings. The van der Waals surface area contributed by atoms with Crippen LogP contribution in [0.3, 0.4) is 0 Å². The number of nitro groups is 1. The number of sulfonamides is 1. The molecule has 2 heterocycles. The fourth-order valence-corrected chi connectivity index (χ4v) is 4.50.